The molecule has 16 heavy (non-hydrogen) atoms. The first-order valence-corrected chi connectivity index (χ1v) is 4.35. The van der Waals surface area contributed by atoms with Gasteiger partial charge in [-0.3, -0.25) is 9.59 Å². The molecule has 0 saturated heterocycles. The van der Waals surface area contributed by atoms with Gasteiger partial charge >= 0.3 is 11.9 Å². The van der Waals surface area contributed by atoms with Crippen LogP contribution in [0.1, 0.15) is 6.42 Å². The van der Waals surface area contributed by atoms with Crippen LogP contribution >= 0.6 is 0 Å². The topological polar surface area (TPSA) is 124 Å². The lowest BCUT2D eigenvalue weighted by Crippen LogP contribution is -2.19. The summed E-state index contributed by atoms with van der Waals surface area (Å²) < 4.78 is 4.81. The van der Waals surface area contributed by atoms with Crippen LogP contribution in [0.5, 0.6) is 0 Å². The van der Waals surface area contributed by atoms with E-state index in [1.165, 1.54) is 0 Å². The highest BCUT2D eigenvalue weighted by Gasteiger charge is 2.01. The molecule has 1 unspecified atom stereocenters. The zero-order valence-electron chi connectivity index (χ0n) is 8.70. The van der Waals surface area contributed by atoms with Crippen LogP contribution in [0.3, 0.4) is 0 Å². The summed E-state index contributed by atoms with van der Waals surface area (Å²) in [6.07, 6.45) is 0.0225. The van der Waals surface area contributed by atoms with Crippen LogP contribution in [0.25, 0.3) is 0 Å². The quantitative estimate of drug-likeness (QED) is 0.256. The van der Waals surface area contributed by atoms with Gasteiger partial charge in [0.25, 0.3) is 0 Å². The van der Waals surface area contributed by atoms with Crippen molar-refractivity contribution in [3.8, 4) is 0 Å². The summed E-state index contributed by atoms with van der Waals surface area (Å²) in [6.45, 7) is 3.74. The first-order valence-electron chi connectivity index (χ1n) is 4.35. The van der Waals surface area contributed by atoms with E-state index in [0.29, 0.717) is 6.61 Å². The fourth-order valence-electron chi connectivity index (χ4n) is 0.469. The van der Waals surface area contributed by atoms with Crippen LogP contribution in [-0.2, 0) is 14.3 Å². The fraction of sp³-hybridized carbons (Fsp3) is 0.556. The zero-order valence-corrected chi connectivity index (χ0v) is 8.70. The molecule has 94 valence electrons. The Balaban J connectivity index is 0. The van der Waals surface area contributed by atoms with E-state index in [9.17, 15) is 9.59 Å². The van der Waals surface area contributed by atoms with Crippen LogP contribution in [-0.4, -0.2) is 58.3 Å². The van der Waals surface area contributed by atoms with Crippen molar-refractivity contribution in [2.75, 3.05) is 19.8 Å². The first kappa shape index (κ1) is 17.0. The minimum atomic E-state index is -1.31. The summed E-state index contributed by atoms with van der Waals surface area (Å²) in [4.78, 5) is 18.9. The normalized spacial score (nSPS) is 10.9. The third-order valence-corrected chi connectivity index (χ3v) is 1.06. The van der Waals surface area contributed by atoms with Gasteiger partial charge in [-0.1, -0.05) is 6.08 Å². The van der Waals surface area contributed by atoms with E-state index < -0.39 is 24.5 Å². The van der Waals surface area contributed by atoms with Gasteiger partial charge in [0, 0.05) is 0 Å². The Hall–Kier alpha value is -1.44. The van der Waals surface area contributed by atoms with E-state index >= 15 is 0 Å². The highest BCUT2D eigenvalue weighted by atomic mass is 16.5. The average Bonchev–Trinajstić information content (AvgIpc) is 2.16. The van der Waals surface area contributed by atoms with Gasteiger partial charge in [0.05, 0.1) is 19.8 Å². The summed E-state index contributed by atoms with van der Waals surface area (Å²) >= 11 is 0. The van der Waals surface area contributed by atoms with Crippen molar-refractivity contribution in [3.63, 3.8) is 0 Å². The van der Waals surface area contributed by atoms with Gasteiger partial charge in [-0.2, -0.15) is 0 Å². The summed E-state index contributed by atoms with van der Waals surface area (Å²) in [5, 5.41) is 32.4. The lowest BCUT2D eigenvalue weighted by atomic mass is 10.4. The fourth-order valence-corrected chi connectivity index (χ4v) is 0.469. The van der Waals surface area contributed by atoms with Crippen LogP contribution in [0, 0.1) is 0 Å². The number of rotatable bonds is 7. The number of ether oxygens (including phenoxy) is 1. The highest BCUT2D eigenvalue weighted by Crippen LogP contribution is 1.82. The maximum Gasteiger partial charge on any atom is 0.314 e. The van der Waals surface area contributed by atoms with Crippen LogP contribution in [0.4, 0.5) is 0 Å². The number of carboxylic acid groups (broad SMARTS) is 2. The third kappa shape index (κ3) is 18.4. The minimum Gasteiger partial charge on any atom is -0.481 e. The zero-order chi connectivity index (χ0) is 13.0. The number of hydrogen-bond donors (Lipinski definition) is 4. The summed E-state index contributed by atoms with van der Waals surface area (Å²) in [6, 6.07) is 0. The second-order valence-electron chi connectivity index (χ2n) is 2.63. The Labute approximate surface area is 92.6 Å². The molecule has 0 aromatic heterocycles. The lowest BCUT2D eigenvalue weighted by Gasteiger charge is -2.04. The van der Waals surface area contributed by atoms with Crippen molar-refractivity contribution in [2.45, 2.75) is 12.5 Å². The molecule has 0 fully saturated rings. The number of aliphatic hydroxyl groups is 2. The molecule has 0 heterocycles. The molecule has 0 spiro atoms. The van der Waals surface area contributed by atoms with Crippen LogP contribution in [0.2, 0.25) is 0 Å². The summed E-state index contributed by atoms with van der Waals surface area (Å²) in [5.41, 5.74) is 0. The number of carbonyl (C=O) groups is 2. The number of aliphatic hydroxyl groups excluding tert-OH is 2. The van der Waals surface area contributed by atoms with Gasteiger partial charge in [-0.05, 0) is 0 Å². The van der Waals surface area contributed by atoms with E-state index in [2.05, 4.69) is 6.58 Å². The van der Waals surface area contributed by atoms with E-state index in [0.717, 1.165) is 0 Å². The van der Waals surface area contributed by atoms with Gasteiger partial charge in [0.1, 0.15) is 12.5 Å². The standard InChI is InChI=1S/C6H12O3.C3H4O4/c1-2-3-9-5-6(8)4-7;4-2(5)1-3(6)7/h2,6-8H,1,3-5H2;1H2,(H,4,5)(H,6,7). The highest BCUT2D eigenvalue weighted by molar-refractivity contribution is 5.88. The van der Waals surface area contributed by atoms with Gasteiger partial charge in [-0.25, -0.2) is 0 Å². The molecule has 0 aliphatic heterocycles. The maximum absolute atomic E-state index is 9.43. The summed E-state index contributed by atoms with van der Waals surface area (Å²) in [5.74, 6) is -2.62. The van der Waals surface area contributed by atoms with Crippen molar-refractivity contribution in [2.24, 2.45) is 0 Å². The van der Waals surface area contributed by atoms with Gasteiger partial charge in [-0.15, -0.1) is 6.58 Å². The predicted octanol–water partition coefficient (Wildman–Crippen LogP) is -0.912. The third-order valence-electron chi connectivity index (χ3n) is 1.06. The Morgan fingerprint density at radius 1 is 1.31 bits per heavy atom. The number of aliphatic carboxylic acids is 2. The van der Waals surface area contributed by atoms with Crippen molar-refractivity contribution in [1.82, 2.24) is 0 Å². The summed E-state index contributed by atoms with van der Waals surface area (Å²) in [7, 11) is 0. The minimum absolute atomic E-state index is 0.169. The monoisotopic (exact) mass is 236 g/mol. The van der Waals surface area contributed by atoms with Gasteiger partial charge < -0.3 is 25.2 Å². The Kier molecular flexibility index (Phi) is 12.3. The van der Waals surface area contributed by atoms with Crippen molar-refractivity contribution >= 4 is 11.9 Å². The molecule has 0 aliphatic rings. The predicted molar refractivity (Wildman–Crippen MR) is 54.0 cm³/mol. The molecule has 0 rings (SSSR count). The molecule has 0 radical (unpaired) electrons. The second kappa shape index (κ2) is 11.6. The van der Waals surface area contributed by atoms with Crippen molar-refractivity contribution in [3.05, 3.63) is 12.7 Å². The average molecular weight is 236 g/mol. The Morgan fingerprint density at radius 2 is 1.81 bits per heavy atom. The molecular weight excluding hydrogens is 220 g/mol. The van der Waals surface area contributed by atoms with E-state index in [4.69, 9.17) is 25.2 Å². The number of hydrogen-bond acceptors (Lipinski definition) is 5. The Morgan fingerprint density at radius 3 is 2.06 bits per heavy atom. The molecule has 7 nitrogen and oxygen atoms in total. The van der Waals surface area contributed by atoms with E-state index in [1.807, 2.05) is 0 Å². The SMILES string of the molecule is C=CCOCC(O)CO.O=C(O)CC(=O)O. The second-order valence-corrected chi connectivity index (χ2v) is 2.63. The lowest BCUT2D eigenvalue weighted by molar-refractivity contribution is -0.147. The number of carboxylic acids is 2. The Bertz CT molecular complexity index is 202. The molecule has 0 bridgehead atoms. The molecule has 7 heteroatoms. The van der Waals surface area contributed by atoms with Crippen molar-refractivity contribution in [1.29, 1.82) is 0 Å². The molecule has 1 atom stereocenters. The molecule has 0 amide bonds. The van der Waals surface area contributed by atoms with E-state index in [1.54, 1.807) is 6.08 Å². The molecule has 0 aromatic carbocycles. The van der Waals surface area contributed by atoms with Crippen molar-refractivity contribution < 1.29 is 34.8 Å². The van der Waals surface area contributed by atoms with Crippen LogP contribution in [0.15, 0.2) is 12.7 Å². The molecular formula is C9H16O7. The smallest absolute Gasteiger partial charge is 0.314 e. The maximum atomic E-state index is 9.43. The molecule has 4 N–H and O–H groups in total. The van der Waals surface area contributed by atoms with Crippen LogP contribution < -0.4 is 0 Å². The van der Waals surface area contributed by atoms with E-state index in [-0.39, 0.29) is 13.2 Å². The largest absolute Gasteiger partial charge is 0.481 e. The van der Waals surface area contributed by atoms with Gasteiger partial charge in [0.2, 0.25) is 0 Å². The molecule has 0 aliphatic carbocycles. The molecule has 0 aromatic rings. The van der Waals surface area contributed by atoms with Gasteiger partial charge in [0.15, 0.2) is 0 Å². The molecule has 0 saturated carbocycles. The first-order chi connectivity index (χ1) is 7.43.